The van der Waals surface area contributed by atoms with Crippen LogP contribution in [0.2, 0.25) is 0 Å². The molecule has 1 fully saturated rings. The van der Waals surface area contributed by atoms with Gasteiger partial charge in [0, 0.05) is 31.7 Å². The van der Waals surface area contributed by atoms with Gasteiger partial charge in [0.2, 0.25) is 5.91 Å². The fourth-order valence-corrected chi connectivity index (χ4v) is 3.26. The first-order chi connectivity index (χ1) is 12.4. The van der Waals surface area contributed by atoms with Gasteiger partial charge in [0.1, 0.15) is 5.82 Å². The van der Waals surface area contributed by atoms with Crippen molar-refractivity contribution in [3.05, 3.63) is 71.5 Å². The highest BCUT2D eigenvalue weighted by molar-refractivity contribution is 5.94. The molecule has 5 heteroatoms. The maximum atomic E-state index is 13.0. The van der Waals surface area contributed by atoms with Crippen LogP contribution < -0.4 is 0 Å². The van der Waals surface area contributed by atoms with Gasteiger partial charge in [-0.15, -0.1) is 0 Å². The van der Waals surface area contributed by atoms with Gasteiger partial charge >= 0.3 is 0 Å². The van der Waals surface area contributed by atoms with Crippen LogP contribution in [0.1, 0.15) is 29.8 Å². The Labute approximate surface area is 153 Å². The highest BCUT2D eigenvalue weighted by Crippen LogP contribution is 2.26. The second-order valence-corrected chi connectivity index (χ2v) is 7.08. The molecule has 2 amide bonds. The number of piperazine rings is 1. The molecule has 0 bridgehead atoms. The number of hydrogen-bond acceptors (Lipinski definition) is 2. The van der Waals surface area contributed by atoms with E-state index < -0.39 is 5.41 Å². The molecule has 0 aromatic heterocycles. The molecule has 0 N–H and O–H groups in total. The summed E-state index contributed by atoms with van der Waals surface area (Å²) in [6, 6.07) is 15.3. The number of rotatable bonds is 3. The molecule has 26 heavy (non-hydrogen) atoms. The summed E-state index contributed by atoms with van der Waals surface area (Å²) < 4.78 is 13.0. The summed E-state index contributed by atoms with van der Waals surface area (Å²) >= 11 is 0. The van der Waals surface area contributed by atoms with E-state index in [1.54, 1.807) is 4.90 Å². The average Bonchev–Trinajstić information content (AvgIpc) is 2.68. The van der Waals surface area contributed by atoms with E-state index in [2.05, 4.69) is 0 Å². The van der Waals surface area contributed by atoms with Gasteiger partial charge in [-0.2, -0.15) is 0 Å². The van der Waals surface area contributed by atoms with Gasteiger partial charge in [0.25, 0.3) is 5.91 Å². The molecule has 1 saturated heterocycles. The van der Waals surface area contributed by atoms with E-state index in [4.69, 9.17) is 0 Å². The molecule has 0 unspecified atom stereocenters. The van der Waals surface area contributed by atoms with Crippen molar-refractivity contribution in [2.24, 2.45) is 0 Å². The van der Waals surface area contributed by atoms with Crippen LogP contribution in [0.15, 0.2) is 54.6 Å². The Balaban J connectivity index is 1.64. The van der Waals surface area contributed by atoms with E-state index in [0.29, 0.717) is 31.7 Å². The Bertz CT molecular complexity index is 779. The number of amides is 2. The normalized spacial score (nSPS) is 15.0. The number of carbonyl (C=O) groups is 2. The van der Waals surface area contributed by atoms with E-state index >= 15 is 0 Å². The summed E-state index contributed by atoms with van der Waals surface area (Å²) in [7, 11) is 0. The van der Waals surface area contributed by atoms with Gasteiger partial charge in [-0.1, -0.05) is 30.3 Å². The smallest absolute Gasteiger partial charge is 0.253 e. The quantitative estimate of drug-likeness (QED) is 0.850. The fraction of sp³-hybridized carbons (Fsp3) is 0.333. The number of halogens is 1. The van der Waals surface area contributed by atoms with Crippen molar-refractivity contribution in [1.82, 2.24) is 9.80 Å². The Kier molecular flexibility index (Phi) is 5.07. The van der Waals surface area contributed by atoms with Crippen molar-refractivity contribution in [2.45, 2.75) is 19.3 Å². The second-order valence-electron chi connectivity index (χ2n) is 7.08. The van der Waals surface area contributed by atoms with Crippen molar-refractivity contribution in [3.63, 3.8) is 0 Å². The molecule has 4 nitrogen and oxygen atoms in total. The molecule has 2 aromatic carbocycles. The van der Waals surface area contributed by atoms with Crippen LogP contribution in [0.25, 0.3) is 0 Å². The molecular weight excluding hydrogens is 331 g/mol. The van der Waals surface area contributed by atoms with E-state index in [9.17, 15) is 14.0 Å². The van der Waals surface area contributed by atoms with E-state index in [1.165, 1.54) is 24.3 Å². The van der Waals surface area contributed by atoms with Crippen molar-refractivity contribution in [2.75, 3.05) is 26.2 Å². The van der Waals surface area contributed by atoms with Crippen molar-refractivity contribution in [3.8, 4) is 0 Å². The number of hydrogen-bond donors (Lipinski definition) is 0. The van der Waals surface area contributed by atoms with Crippen molar-refractivity contribution >= 4 is 11.8 Å². The molecule has 1 aliphatic rings. The maximum absolute atomic E-state index is 13.0. The molecule has 1 aliphatic heterocycles. The highest BCUT2D eigenvalue weighted by atomic mass is 19.1. The van der Waals surface area contributed by atoms with Crippen LogP contribution >= 0.6 is 0 Å². The molecular formula is C21H23FN2O2. The first kappa shape index (κ1) is 18.1. The largest absolute Gasteiger partial charge is 0.338 e. The van der Waals surface area contributed by atoms with Crippen LogP contribution in [-0.4, -0.2) is 47.8 Å². The predicted octanol–water partition coefficient (Wildman–Crippen LogP) is 3.09. The lowest BCUT2D eigenvalue weighted by Gasteiger charge is -2.38. The zero-order chi connectivity index (χ0) is 18.7. The second kappa shape index (κ2) is 7.28. The van der Waals surface area contributed by atoms with Crippen LogP contribution in [0, 0.1) is 5.82 Å². The molecule has 136 valence electrons. The Hall–Kier alpha value is -2.69. The SMILES string of the molecule is CC(C)(C(=O)N1CCN(C(=O)c2ccc(F)cc2)CC1)c1ccccc1. The first-order valence-corrected chi connectivity index (χ1v) is 8.79. The van der Waals surface area contributed by atoms with Crippen LogP contribution in [0.3, 0.4) is 0 Å². The van der Waals surface area contributed by atoms with Crippen LogP contribution in [-0.2, 0) is 10.2 Å². The monoisotopic (exact) mass is 354 g/mol. The van der Waals surface area contributed by atoms with Crippen molar-refractivity contribution < 1.29 is 14.0 Å². The number of carbonyl (C=O) groups excluding carboxylic acids is 2. The summed E-state index contributed by atoms with van der Waals surface area (Å²) in [4.78, 5) is 29.0. The summed E-state index contributed by atoms with van der Waals surface area (Å²) in [5.74, 6) is -0.419. The fourth-order valence-electron chi connectivity index (χ4n) is 3.26. The predicted molar refractivity (Wildman–Crippen MR) is 98.4 cm³/mol. The minimum atomic E-state index is -0.607. The molecule has 1 heterocycles. The minimum absolute atomic E-state index is 0.0672. The van der Waals surface area contributed by atoms with Gasteiger partial charge in [-0.3, -0.25) is 9.59 Å². The third kappa shape index (κ3) is 3.62. The van der Waals surface area contributed by atoms with Gasteiger partial charge < -0.3 is 9.80 Å². The van der Waals surface area contributed by atoms with Gasteiger partial charge in [-0.05, 0) is 43.7 Å². The standard InChI is InChI=1S/C21H23FN2O2/c1-21(2,17-6-4-3-5-7-17)20(26)24-14-12-23(13-15-24)19(25)16-8-10-18(22)11-9-16/h3-11H,12-15H2,1-2H3. The number of benzene rings is 2. The summed E-state index contributed by atoms with van der Waals surface area (Å²) in [6.07, 6.45) is 0. The third-order valence-electron chi connectivity index (χ3n) is 4.98. The molecule has 0 aliphatic carbocycles. The molecule has 0 saturated carbocycles. The Morgan fingerprint density at radius 3 is 1.96 bits per heavy atom. The van der Waals surface area contributed by atoms with Crippen LogP contribution in [0.5, 0.6) is 0 Å². The summed E-state index contributed by atoms with van der Waals surface area (Å²) in [6.45, 7) is 5.82. The van der Waals surface area contributed by atoms with Gasteiger partial charge in [-0.25, -0.2) is 4.39 Å². The molecule has 0 atom stereocenters. The molecule has 3 rings (SSSR count). The van der Waals surface area contributed by atoms with Gasteiger partial charge in [0.05, 0.1) is 5.41 Å². The molecule has 2 aromatic rings. The molecule has 0 radical (unpaired) electrons. The molecule has 0 spiro atoms. The topological polar surface area (TPSA) is 40.6 Å². The minimum Gasteiger partial charge on any atom is -0.338 e. The van der Waals surface area contributed by atoms with Crippen LogP contribution in [0.4, 0.5) is 4.39 Å². The maximum Gasteiger partial charge on any atom is 0.253 e. The van der Waals surface area contributed by atoms with E-state index in [-0.39, 0.29) is 17.6 Å². The highest BCUT2D eigenvalue weighted by Gasteiger charge is 2.35. The van der Waals surface area contributed by atoms with Crippen molar-refractivity contribution in [1.29, 1.82) is 0 Å². The zero-order valence-corrected chi connectivity index (χ0v) is 15.1. The van der Waals surface area contributed by atoms with E-state index in [1.807, 2.05) is 49.1 Å². The zero-order valence-electron chi connectivity index (χ0n) is 15.1. The van der Waals surface area contributed by atoms with Gasteiger partial charge in [0.15, 0.2) is 0 Å². The number of nitrogens with zero attached hydrogens (tertiary/aromatic N) is 2. The summed E-state index contributed by atoms with van der Waals surface area (Å²) in [5.41, 5.74) is 0.843. The lowest BCUT2D eigenvalue weighted by molar-refractivity contribution is -0.137. The third-order valence-corrected chi connectivity index (χ3v) is 4.98. The first-order valence-electron chi connectivity index (χ1n) is 8.79. The lowest BCUT2D eigenvalue weighted by atomic mass is 9.83. The summed E-state index contributed by atoms with van der Waals surface area (Å²) in [5, 5.41) is 0. The Morgan fingerprint density at radius 1 is 0.846 bits per heavy atom. The Morgan fingerprint density at radius 2 is 1.38 bits per heavy atom. The van der Waals surface area contributed by atoms with E-state index in [0.717, 1.165) is 5.56 Å². The lowest BCUT2D eigenvalue weighted by Crippen LogP contribution is -2.54. The average molecular weight is 354 g/mol.